The lowest BCUT2D eigenvalue weighted by atomic mass is 9.93. The van der Waals surface area contributed by atoms with E-state index in [0.29, 0.717) is 23.9 Å². The van der Waals surface area contributed by atoms with Crippen molar-refractivity contribution in [3.8, 4) is 5.75 Å². The van der Waals surface area contributed by atoms with Crippen LogP contribution in [0.1, 0.15) is 22.9 Å². The van der Waals surface area contributed by atoms with Crippen LogP contribution in [0.2, 0.25) is 5.02 Å². The number of aromatic amines is 1. The highest BCUT2D eigenvalue weighted by molar-refractivity contribution is 6.31. The van der Waals surface area contributed by atoms with E-state index in [1.165, 1.54) is 5.56 Å². The van der Waals surface area contributed by atoms with Gasteiger partial charge >= 0.3 is 0 Å². The SMILES string of the molecule is O=CN1CCc2c([nH]c3ccc(Cl)cc23)C1c1ccc(OCC(=O)NCCN2CCOCC2)cc1. The van der Waals surface area contributed by atoms with Crippen LogP contribution in [-0.2, 0) is 20.7 Å². The Morgan fingerprint density at radius 1 is 1.17 bits per heavy atom. The second-order valence-electron chi connectivity index (χ2n) is 8.86. The maximum Gasteiger partial charge on any atom is 0.257 e. The van der Waals surface area contributed by atoms with E-state index < -0.39 is 0 Å². The van der Waals surface area contributed by atoms with E-state index in [9.17, 15) is 9.59 Å². The molecule has 1 atom stereocenters. The molecule has 2 aromatic carbocycles. The standard InChI is InChI=1S/C26H29ClN4O4/c27-19-3-6-23-22(15-19)21-7-9-31(17-32)26(25(21)29-23)18-1-4-20(5-2-18)35-16-24(33)28-8-10-30-11-13-34-14-12-30/h1-6,15,17,26,29H,7-14,16H2,(H,28,33). The molecule has 2 N–H and O–H groups in total. The van der Waals surface area contributed by atoms with Crippen LogP contribution in [-0.4, -0.2) is 79.6 Å². The number of rotatable bonds is 8. The molecule has 1 saturated heterocycles. The number of ether oxygens (including phenoxy) is 2. The number of amides is 2. The van der Waals surface area contributed by atoms with Gasteiger partial charge in [0.2, 0.25) is 6.41 Å². The molecule has 2 aliphatic heterocycles. The van der Waals surface area contributed by atoms with Gasteiger partial charge in [0, 0.05) is 54.3 Å². The predicted molar refractivity (Wildman–Crippen MR) is 134 cm³/mol. The number of H-pyrrole nitrogens is 1. The molecular formula is C26H29ClN4O4. The number of carbonyl (C=O) groups excluding carboxylic acids is 2. The van der Waals surface area contributed by atoms with E-state index >= 15 is 0 Å². The predicted octanol–water partition coefficient (Wildman–Crippen LogP) is 2.75. The summed E-state index contributed by atoms with van der Waals surface area (Å²) in [4.78, 5) is 31.6. The van der Waals surface area contributed by atoms with Crippen LogP contribution < -0.4 is 10.1 Å². The molecule has 1 aromatic heterocycles. The minimum atomic E-state index is -0.222. The summed E-state index contributed by atoms with van der Waals surface area (Å²) in [6, 6.07) is 13.2. The number of benzene rings is 2. The third-order valence-corrected chi connectivity index (χ3v) is 6.92. The molecular weight excluding hydrogens is 468 g/mol. The van der Waals surface area contributed by atoms with Gasteiger partial charge in [0.15, 0.2) is 6.61 Å². The Balaban J connectivity index is 1.22. The van der Waals surface area contributed by atoms with Gasteiger partial charge in [0.05, 0.1) is 19.3 Å². The zero-order chi connectivity index (χ0) is 24.2. The highest BCUT2D eigenvalue weighted by Crippen LogP contribution is 2.38. The van der Waals surface area contributed by atoms with Gasteiger partial charge in [0.25, 0.3) is 5.91 Å². The summed E-state index contributed by atoms with van der Waals surface area (Å²) in [5.41, 5.74) is 4.18. The number of nitrogens with one attached hydrogen (secondary N) is 2. The average Bonchev–Trinajstić information content (AvgIpc) is 3.25. The molecule has 184 valence electrons. The lowest BCUT2D eigenvalue weighted by Crippen LogP contribution is -2.42. The lowest BCUT2D eigenvalue weighted by Gasteiger charge is -2.33. The van der Waals surface area contributed by atoms with Crippen LogP contribution in [0.3, 0.4) is 0 Å². The fourth-order valence-corrected chi connectivity index (χ4v) is 5.05. The van der Waals surface area contributed by atoms with Crippen LogP contribution in [0, 0.1) is 0 Å². The molecule has 3 aromatic rings. The Morgan fingerprint density at radius 3 is 2.74 bits per heavy atom. The largest absolute Gasteiger partial charge is 0.484 e. The first-order valence-electron chi connectivity index (χ1n) is 11.9. The van der Waals surface area contributed by atoms with Crippen molar-refractivity contribution in [2.75, 3.05) is 52.5 Å². The number of aromatic nitrogens is 1. The quantitative estimate of drug-likeness (QED) is 0.468. The van der Waals surface area contributed by atoms with Crippen molar-refractivity contribution in [2.24, 2.45) is 0 Å². The van der Waals surface area contributed by atoms with Gasteiger partial charge in [0.1, 0.15) is 5.75 Å². The Hall–Kier alpha value is -3.07. The third kappa shape index (κ3) is 5.29. The van der Waals surface area contributed by atoms with Gasteiger partial charge in [-0.2, -0.15) is 0 Å². The number of hydrogen-bond donors (Lipinski definition) is 2. The summed E-state index contributed by atoms with van der Waals surface area (Å²) in [6.45, 7) is 5.26. The Morgan fingerprint density at radius 2 is 1.97 bits per heavy atom. The molecule has 0 bridgehead atoms. The fourth-order valence-electron chi connectivity index (χ4n) is 4.88. The third-order valence-electron chi connectivity index (χ3n) is 6.68. The molecule has 8 nitrogen and oxygen atoms in total. The number of hydrogen-bond acceptors (Lipinski definition) is 5. The molecule has 1 unspecified atom stereocenters. The van der Waals surface area contributed by atoms with Gasteiger partial charge in [-0.05, 0) is 47.9 Å². The maximum absolute atomic E-state index is 12.2. The first-order valence-corrected chi connectivity index (χ1v) is 12.3. The number of nitrogens with zero attached hydrogens (tertiary/aromatic N) is 2. The van der Waals surface area contributed by atoms with Crippen LogP contribution in [0.15, 0.2) is 42.5 Å². The van der Waals surface area contributed by atoms with Crippen LogP contribution in [0.25, 0.3) is 10.9 Å². The summed E-state index contributed by atoms with van der Waals surface area (Å²) < 4.78 is 11.0. The summed E-state index contributed by atoms with van der Waals surface area (Å²) in [5.74, 6) is 0.456. The number of morpholine rings is 1. The van der Waals surface area contributed by atoms with E-state index in [4.69, 9.17) is 21.1 Å². The smallest absolute Gasteiger partial charge is 0.257 e. The zero-order valence-corrected chi connectivity index (χ0v) is 20.2. The van der Waals surface area contributed by atoms with Gasteiger partial charge in [-0.1, -0.05) is 23.7 Å². The van der Waals surface area contributed by atoms with Crippen LogP contribution >= 0.6 is 11.6 Å². The highest BCUT2D eigenvalue weighted by Gasteiger charge is 2.31. The van der Waals surface area contributed by atoms with Crippen molar-refractivity contribution in [3.63, 3.8) is 0 Å². The maximum atomic E-state index is 12.2. The second-order valence-corrected chi connectivity index (χ2v) is 9.30. The van der Waals surface area contributed by atoms with Crippen molar-refractivity contribution in [1.82, 2.24) is 20.1 Å². The normalized spacial score (nSPS) is 18.3. The summed E-state index contributed by atoms with van der Waals surface area (Å²) >= 11 is 6.23. The summed E-state index contributed by atoms with van der Waals surface area (Å²) in [7, 11) is 0. The van der Waals surface area contributed by atoms with Gasteiger partial charge in [-0.3, -0.25) is 14.5 Å². The first-order chi connectivity index (χ1) is 17.1. The molecule has 2 aliphatic rings. The molecule has 0 spiro atoms. The minimum Gasteiger partial charge on any atom is -0.484 e. The van der Waals surface area contributed by atoms with Crippen molar-refractivity contribution in [2.45, 2.75) is 12.5 Å². The van der Waals surface area contributed by atoms with E-state index in [0.717, 1.165) is 67.8 Å². The molecule has 35 heavy (non-hydrogen) atoms. The first kappa shape index (κ1) is 23.7. The molecule has 2 amide bonds. The monoisotopic (exact) mass is 496 g/mol. The minimum absolute atomic E-state index is 0.0424. The second kappa shape index (κ2) is 10.7. The van der Waals surface area contributed by atoms with Gasteiger partial charge in [-0.15, -0.1) is 0 Å². The Labute approximate surface area is 209 Å². The van der Waals surface area contributed by atoms with E-state index in [1.807, 2.05) is 42.5 Å². The average molecular weight is 497 g/mol. The van der Waals surface area contributed by atoms with Crippen LogP contribution in [0.4, 0.5) is 0 Å². The fraction of sp³-hybridized carbons (Fsp3) is 0.385. The Bertz CT molecular complexity index is 1190. The zero-order valence-electron chi connectivity index (χ0n) is 19.5. The van der Waals surface area contributed by atoms with Crippen molar-refractivity contribution >= 4 is 34.8 Å². The number of fused-ring (bicyclic) bond motifs is 3. The Kier molecular flexibility index (Phi) is 7.22. The lowest BCUT2D eigenvalue weighted by molar-refractivity contribution is -0.123. The summed E-state index contributed by atoms with van der Waals surface area (Å²) in [5, 5.41) is 4.69. The van der Waals surface area contributed by atoms with Gasteiger partial charge in [-0.25, -0.2) is 0 Å². The van der Waals surface area contributed by atoms with E-state index in [-0.39, 0.29) is 18.6 Å². The van der Waals surface area contributed by atoms with Crippen molar-refractivity contribution < 1.29 is 19.1 Å². The number of carbonyl (C=O) groups is 2. The van der Waals surface area contributed by atoms with Crippen LogP contribution in [0.5, 0.6) is 5.75 Å². The molecule has 0 saturated carbocycles. The van der Waals surface area contributed by atoms with E-state index in [1.54, 1.807) is 4.90 Å². The number of halogens is 1. The molecule has 0 aliphatic carbocycles. The molecule has 3 heterocycles. The van der Waals surface area contributed by atoms with Crippen molar-refractivity contribution in [1.29, 1.82) is 0 Å². The molecule has 1 fully saturated rings. The van der Waals surface area contributed by atoms with Crippen molar-refractivity contribution in [3.05, 3.63) is 64.3 Å². The topological polar surface area (TPSA) is 86.9 Å². The molecule has 9 heteroatoms. The molecule has 5 rings (SSSR count). The molecule has 0 radical (unpaired) electrons. The van der Waals surface area contributed by atoms with Gasteiger partial charge < -0.3 is 24.7 Å². The summed E-state index contributed by atoms with van der Waals surface area (Å²) in [6.07, 6.45) is 1.67. The highest BCUT2D eigenvalue weighted by atomic mass is 35.5. The van der Waals surface area contributed by atoms with E-state index in [2.05, 4.69) is 15.2 Å².